The largest absolute Gasteiger partial charge is 0.416 e. The number of carbonyl (C=O) groups is 1. The van der Waals surface area contributed by atoms with Crippen molar-refractivity contribution in [3.8, 4) is 0 Å². The Balaban J connectivity index is 1.32. The van der Waals surface area contributed by atoms with Crippen molar-refractivity contribution in [2.24, 2.45) is 0 Å². The number of pyridine rings is 1. The van der Waals surface area contributed by atoms with Crippen molar-refractivity contribution in [2.45, 2.75) is 19.1 Å². The van der Waals surface area contributed by atoms with E-state index in [1.165, 1.54) is 12.3 Å². The zero-order valence-corrected chi connectivity index (χ0v) is 19.2. The summed E-state index contributed by atoms with van der Waals surface area (Å²) >= 11 is 0. The smallest absolute Gasteiger partial charge is 0.355 e. The van der Waals surface area contributed by atoms with E-state index in [2.05, 4.69) is 20.1 Å². The summed E-state index contributed by atoms with van der Waals surface area (Å²) < 4.78 is 38.1. The molecular weight excluding hydrogens is 475 g/mol. The van der Waals surface area contributed by atoms with Gasteiger partial charge >= 0.3 is 6.18 Å². The average Bonchev–Trinajstić information content (AvgIpc) is 3.10. The number of carbonyl (C=O) groups excluding carboxylic acids is 1. The van der Waals surface area contributed by atoms with E-state index in [-0.39, 0.29) is 11.3 Å². The molecule has 0 atom stereocenters. The topological polar surface area (TPSA) is 91.6 Å². The van der Waals surface area contributed by atoms with Crippen molar-refractivity contribution in [3.05, 3.63) is 93.7 Å². The Labute approximate surface area is 205 Å². The molecule has 1 saturated heterocycles. The lowest BCUT2D eigenvalue weighted by molar-refractivity contribution is -0.384. The molecule has 0 spiro atoms. The van der Waals surface area contributed by atoms with Crippen LogP contribution in [0.25, 0.3) is 0 Å². The molecule has 1 aliphatic heterocycles. The van der Waals surface area contributed by atoms with Gasteiger partial charge in [-0.05, 0) is 48.4 Å². The van der Waals surface area contributed by atoms with Crippen LogP contribution in [0.5, 0.6) is 0 Å². The van der Waals surface area contributed by atoms with Crippen molar-refractivity contribution >= 4 is 23.1 Å². The molecule has 0 aliphatic carbocycles. The molecule has 1 aromatic heterocycles. The summed E-state index contributed by atoms with van der Waals surface area (Å²) in [6, 6.07) is 14.2. The molecule has 2 aromatic carbocycles. The van der Waals surface area contributed by atoms with Crippen LogP contribution in [-0.2, 0) is 12.7 Å². The number of alkyl halides is 3. The Morgan fingerprint density at radius 2 is 1.81 bits per heavy atom. The lowest BCUT2D eigenvalue weighted by atomic mass is 10.1. The Kier molecular flexibility index (Phi) is 7.49. The van der Waals surface area contributed by atoms with E-state index >= 15 is 0 Å². The summed E-state index contributed by atoms with van der Waals surface area (Å²) in [5.41, 5.74) is 0.711. The number of non-ortho nitro benzene ring substituents is 1. The summed E-state index contributed by atoms with van der Waals surface area (Å²) in [6.45, 7) is 3.74. The number of aromatic nitrogens is 1. The van der Waals surface area contributed by atoms with E-state index in [0.29, 0.717) is 12.2 Å². The van der Waals surface area contributed by atoms with Crippen LogP contribution in [0.4, 0.5) is 30.4 Å². The highest BCUT2D eigenvalue weighted by Gasteiger charge is 2.30. The minimum Gasteiger partial charge on any atom is -0.355 e. The number of halogens is 3. The summed E-state index contributed by atoms with van der Waals surface area (Å²) in [7, 11) is 0. The third-order valence-electron chi connectivity index (χ3n) is 5.92. The maximum Gasteiger partial charge on any atom is 0.416 e. The van der Waals surface area contributed by atoms with Crippen molar-refractivity contribution in [2.75, 3.05) is 36.4 Å². The molecule has 0 saturated carbocycles. The highest BCUT2D eigenvalue weighted by Crippen LogP contribution is 2.29. The number of nitro groups is 1. The second-order valence-electron chi connectivity index (χ2n) is 8.48. The van der Waals surface area contributed by atoms with Crippen molar-refractivity contribution in [1.82, 2.24) is 9.88 Å². The van der Waals surface area contributed by atoms with Crippen LogP contribution in [0.1, 0.15) is 27.9 Å². The number of nitro benzene ring substituents is 1. The lowest BCUT2D eigenvalue weighted by Gasteiger charge is -2.23. The Hall–Kier alpha value is -3.99. The summed E-state index contributed by atoms with van der Waals surface area (Å²) in [5, 5.41) is 13.7. The summed E-state index contributed by atoms with van der Waals surface area (Å²) in [5.74, 6) is 0.226. The van der Waals surface area contributed by atoms with Crippen LogP contribution in [0.15, 0.2) is 66.9 Å². The molecule has 36 heavy (non-hydrogen) atoms. The molecule has 1 N–H and O–H groups in total. The van der Waals surface area contributed by atoms with Crippen LogP contribution in [0.3, 0.4) is 0 Å². The molecule has 1 fully saturated rings. The molecule has 1 aliphatic rings. The van der Waals surface area contributed by atoms with Crippen LogP contribution in [-0.4, -0.2) is 46.9 Å². The number of amides is 1. The van der Waals surface area contributed by atoms with E-state index in [1.807, 2.05) is 6.07 Å². The van der Waals surface area contributed by atoms with Gasteiger partial charge in [0.2, 0.25) is 0 Å². The van der Waals surface area contributed by atoms with E-state index in [4.69, 9.17) is 0 Å². The number of nitrogens with one attached hydrogen (secondary N) is 1. The highest BCUT2D eigenvalue weighted by atomic mass is 19.4. The molecular formula is C25H24F3N5O3. The Morgan fingerprint density at radius 3 is 2.47 bits per heavy atom. The zero-order valence-electron chi connectivity index (χ0n) is 19.2. The summed E-state index contributed by atoms with van der Waals surface area (Å²) in [4.78, 5) is 31.8. The maximum absolute atomic E-state index is 12.7. The van der Waals surface area contributed by atoms with Gasteiger partial charge < -0.3 is 10.2 Å². The van der Waals surface area contributed by atoms with Gasteiger partial charge in [-0.3, -0.25) is 19.8 Å². The van der Waals surface area contributed by atoms with Crippen LogP contribution in [0, 0.1) is 10.1 Å². The lowest BCUT2D eigenvalue weighted by Crippen LogP contribution is -2.31. The van der Waals surface area contributed by atoms with Gasteiger partial charge in [0.25, 0.3) is 11.6 Å². The predicted molar refractivity (Wildman–Crippen MR) is 129 cm³/mol. The van der Waals surface area contributed by atoms with Crippen molar-refractivity contribution in [1.29, 1.82) is 0 Å². The predicted octanol–water partition coefficient (Wildman–Crippen LogP) is 4.97. The first kappa shape index (κ1) is 25.1. The van der Waals surface area contributed by atoms with Gasteiger partial charge in [0.05, 0.1) is 22.4 Å². The molecule has 3 aromatic rings. The van der Waals surface area contributed by atoms with Crippen molar-refractivity contribution < 1.29 is 22.9 Å². The van der Waals surface area contributed by atoms with Gasteiger partial charge in [0.15, 0.2) is 0 Å². The molecule has 188 valence electrons. The fourth-order valence-corrected chi connectivity index (χ4v) is 4.05. The van der Waals surface area contributed by atoms with E-state index in [1.54, 1.807) is 24.3 Å². The number of rotatable bonds is 6. The summed E-state index contributed by atoms with van der Waals surface area (Å²) in [6.07, 6.45) is -2.05. The Bertz CT molecular complexity index is 1220. The first-order valence-corrected chi connectivity index (χ1v) is 11.3. The average molecular weight is 499 g/mol. The van der Waals surface area contributed by atoms with Gasteiger partial charge in [0, 0.05) is 50.4 Å². The molecule has 8 nitrogen and oxygen atoms in total. The minimum absolute atomic E-state index is 0.0821. The maximum atomic E-state index is 12.7. The third-order valence-corrected chi connectivity index (χ3v) is 5.92. The molecule has 1 amide bonds. The molecule has 0 radical (unpaired) electrons. The first-order valence-electron chi connectivity index (χ1n) is 11.3. The Morgan fingerprint density at radius 1 is 1.03 bits per heavy atom. The third kappa shape index (κ3) is 6.36. The number of hydrogen-bond donors (Lipinski definition) is 1. The second kappa shape index (κ2) is 10.7. The normalized spacial score (nSPS) is 14.8. The van der Waals surface area contributed by atoms with E-state index in [0.717, 1.165) is 68.2 Å². The number of anilines is 2. The van der Waals surface area contributed by atoms with Gasteiger partial charge in [-0.2, -0.15) is 13.2 Å². The van der Waals surface area contributed by atoms with E-state index < -0.39 is 22.6 Å². The molecule has 2 heterocycles. The zero-order chi connectivity index (χ0) is 25.7. The van der Waals surface area contributed by atoms with Gasteiger partial charge in [-0.1, -0.05) is 12.1 Å². The molecule has 0 bridgehead atoms. The van der Waals surface area contributed by atoms with Gasteiger partial charge in [0.1, 0.15) is 5.82 Å². The van der Waals surface area contributed by atoms with Crippen LogP contribution < -0.4 is 10.2 Å². The van der Waals surface area contributed by atoms with E-state index in [9.17, 15) is 28.1 Å². The standard InChI is InChI=1S/C25H24F3N5O3/c26-25(27,28)20-7-5-19(6-8-20)24(34)30-21-9-10-23(29-16-21)32-12-2-11-31(13-14-32)17-18-3-1-4-22(15-18)33(35)36/h1,3-10,15-16H,2,11-14,17H2,(H,30,34). The number of benzene rings is 2. The number of hydrogen-bond acceptors (Lipinski definition) is 6. The SMILES string of the molecule is O=C(Nc1ccc(N2CCCN(Cc3cccc([N+](=O)[O-])c3)CC2)nc1)c1ccc(C(F)(F)F)cc1. The number of nitrogens with zero attached hydrogens (tertiary/aromatic N) is 4. The molecule has 4 rings (SSSR count). The fraction of sp³-hybridized carbons (Fsp3) is 0.280. The fourth-order valence-electron chi connectivity index (χ4n) is 4.05. The van der Waals surface area contributed by atoms with Gasteiger partial charge in [-0.25, -0.2) is 4.98 Å². The van der Waals surface area contributed by atoms with Crippen LogP contribution in [0.2, 0.25) is 0 Å². The molecule has 0 unspecified atom stereocenters. The molecule has 11 heteroatoms. The monoisotopic (exact) mass is 499 g/mol. The van der Waals surface area contributed by atoms with Crippen LogP contribution >= 0.6 is 0 Å². The van der Waals surface area contributed by atoms with Crippen molar-refractivity contribution in [3.63, 3.8) is 0 Å². The second-order valence-corrected chi connectivity index (χ2v) is 8.48. The van der Waals surface area contributed by atoms with Gasteiger partial charge in [-0.15, -0.1) is 0 Å². The highest BCUT2D eigenvalue weighted by molar-refractivity contribution is 6.04. The minimum atomic E-state index is -4.46. The first-order chi connectivity index (χ1) is 17.2. The quantitative estimate of drug-likeness (QED) is 0.380.